The molecule has 1 atom stereocenters. The second-order valence-electron chi connectivity index (χ2n) is 10.2. The molecule has 0 spiro atoms. The molecule has 1 saturated heterocycles. The maximum absolute atomic E-state index is 13.4. The molecule has 5 nitrogen and oxygen atoms in total. The minimum Gasteiger partial charge on any atom is -0.332 e. The van der Waals surface area contributed by atoms with Crippen molar-refractivity contribution in [2.24, 2.45) is 5.92 Å². The molecule has 0 bridgehead atoms. The van der Waals surface area contributed by atoms with Gasteiger partial charge in [0, 0.05) is 29.5 Å². The Hall–Kier alpha value is -1.91. The highest BCUT2D eigenvalue weighted by molar-refractivity contribution is 5.94. The molecule has 2 aromatic heterocycles. The summed E-state index contributed by atoms with van der Waals surface area (Å²) in [5.41, 5.74) is 3.62. The first kappa shape index (κ1) is 21.3. The molecule has 1 saturated carbocycles. The van der Waals surface area contributed by atoms with Gasteiger partial charge in [0.15, 0.2) is 11.3 Å². The first-order chi connectivity index (χ1) is 14.4. The summed E-state index contributed by atoms with van der Waals surface area (Å²) in [6, 6.07) is 4.17. The summed E-state index contributed by atoms with van der Waals surface area (Å²) in [5, 5.41) is 4.77. The topological polar surface area (TPSA) is 50.5 Å². The van der Waals surface area contributed by atoms with E-state index in [0.29, 0.717) is 11.6 Å². The number of amides is 1. The van der Waals surface area contributed by atoms with E-state index in [0.717, 1.165) is 43.8 Å². The van der Waals surface area contributed by atoms with Crippen molar-refractivity contribution in [1.82, 2.24) is 19.5 Å². The number of hydrogen-bond donors (Lipinski definition) is 0. The zero-order valence-electron chi connectivity index (χ0n) is 19.3. The summed E-state index contributed by atoms with van der Waals surface area (Å²) < 4.78 is 1.93. The van der Waals surface area contributed by atoms with Crippen molar-refractivity contribution in [3.8, 4) is 0 Å². The van der Waals surface area contributed by atoms with Crippen molar-refractivity contribution in [3.63, 3.8) is 0 Å². The van der Waals surface area contributed by atoms with E-state index >= 15 is 0 Å². The van der Waals surface area contributed by atoms with Crippen molar-refractivity contribution in [2.75, 3.05) is 6.54 Å². The van der Waals surface area contributed by atoms with Crippen molar-refractivity contribution in [1.29, 1.82) is 0 Å². The Labute approximate surface area is 181 Å². The minimum atomic E-state index is -0.107. The summed E-state index contributed by atoms with van der Waals surface area (Å²) in [4.78, 5) is 20.3. The molecule has 1 aliphatic heterocycles. The van der Waals surface area contributed by atoms with Gasteiger partial charge in [0.05, 0.1) is 0 Å². The highest BCUT2D eigenvalue weighted by Gasteiger charge is 2.35. The third-order valence-corrected chi connectivity index (χ3v) is 7.46. The number of carbonyl (C=O) groups excluding carboxylic acids is 1. The Kier molecular flexibility index (Phi) is 6.17. The van der Waals surface area contributed by atoms with Gasteiger partial charge in [-0.05, 0) is 63.9 Å². The van der Waals surface area contributed by atoms with E-state index in [1.165, 1.54) is 49.9 Å². The molecule has 1 aliphatic carbocycles. The van der Waals surface area contributed by atoms with Crippen LogP contribution in [0.4, 0.5) is 0 Å². The number of rotatable bonds is 5. The van der Waals surface area contributed by atoms with Gasteiger partial charge in [-0.2, -0.15) is 5.10 Å². The van der Waals surface area contributed by atoms with E-state index < -0.39 is 0 Å². The first-order valence-corrected chi connectivity index (χ1v) is 12.1. The molecule has 0 N–H and O–H groups in total. The second-order valence-corrected chi connectivity index (χ2v) is 10.2. The van der Waals surface area contributed by atoms with Crippen LogP contribution in [0, 0.1) is 5.92 Å². The SMILES string of the molecule is CCC(C)c1cc(CC2CCCCC2)nc2cc(C(=O)N3CCCCC3(C)C)nn12. The number of fused-ring (bicyclic) bond motifs is 1. The molecule has 30 heavy (non-hydrogen) atoms. The van der Waals surface area contributed by atoms with Gasteiger partial charge in [0.2, 0.25) is 0 Å². The Morgan fingerprint density at radius 3 is 2.63 bits per heavy atom. The molecule has 1 unspecified atom stereocenters. The number of likely N-dealkylation sites (tertiary alicyclic amines) is 1. The van der Waals surface area contributed by atoms with Gasteiger partial charge in [-0.3, -0.25) is 4.79 Å². The predicted molar refractivity (Wildman–Crippen MR) is 121 cm³/mol. The van der Waals surface area contributed by atoms with E-state index in [4.69, 9.17) is 10.1 Å². The van der Waals surface area contributed by atoms with Crippen LogP contribution in [-0.2, 0) is 6.42 Å². The molecule has 1 amide bonds. The lowest BCUT2D eigenvalue weighted by atomic mass is 9.86. The van der Waals surface area contributed by atoms with Crippen molar-refractivity contribution in [2.45, 2.75) is 103 Å². The number of nitrogens with zero attached hydrogens (tertiary/aromatic N) is 4. The maximum Gasteiger partial charge on any atom is 0.274 e. The highest BCUT2D eigenvalue weighted by Crippen LogP contribution is 2.30. The minimum absolute atomic E-state index is 0.0501. The van der Waals surface area contributed by atoms with Crippen molar-refractivity contribution >= 4 is 11.6 Å². The lowest BCUT2D eigenvalue weighted by molar-refractivity contribution is 0.0427. The molecule has 0 aromatic carbocycles. The smallest absolute Gasteiger partial charge is 0.274 e. The van der Waals surface area contributed by atoms with Gasteiger partial charge in [-0.25, -0.2) is 9.50 Å². The van der Waals surface area contributed by atoms with Gasteiger partial charge in [0.1, 0.15) is 0 Å². The van der Waals surface area contributed by atoms with Crippen LogP contribution < -0.4 is 0 Å². The van der Waals surface area contributed by atoms with E-state index in [1.54, 1.807) is 0 Å². The molecule has 5 heteroatoms. The van der Waals surface area contributed by atoms with Crippen LogP contribution in [-0.4, -0.2) is 37.5 Å². The molecular formula is C25H38N4O. The van der Waals surface area contributed by atoms with E-state index in [-0.39, 0.29) is 11.4 Å². The first-order valence-electron chi connectivity index (χ1n) is 12.1. The van der Waals surface area contributed by atoms with Gasteiger partial charge in [-0.1, -0.05) is 46.0 Å². The fourth-order valence-corrected chi connectivity index (χ4v) is 5.29. The number of carbonyl (C=O) groups is 1. The molecule has 2 aliphatic rings. The largest absolute Gasteiger partial charge is 0.332 e. The Balaban J connectivity index is 1.68. The molecule has 4 rings (SSSR count). The van der Waals surface area contributed by atoms with Gasteiger partial charge in [-0.15, -0.1) is 0 Å². The molecule has 2 aromatic rings. The normalized spacial score (nSPS) is 21.1. The monoisotopic (exact) mass is 410 g/mol. The molecule has 164 valence electrons. The zero-order chi connectivity index (χ0) is 21.3. The lowest BCUT2D eigenvalue weighted by Crippen LogP contribution is -2.50. The molecule has 3 heterocycles. The summed E-state index contributed by atoms with van der Waals surface area (Å²) in [7, 11) is 0. The van der Waals surface area contributed by atoms with Crippen molar-refractivity contribution < 1.29 is 4.79 Å². The third-order valence-electron chi connectivity index (χ3n) is 7.46. The predicted octanol–water partition coefficient (Wildman–Crippen LogP) is 5.77. The van der Waals surface area contributed by atoms with Crippen LogP contribution in [0.15, 0.2) is 12.1 Å². The summed E-state index contributed by atoms with van der Waals surface area (Å²) in [5.74, 6) is 1.18. The van der Waals surface area contributed by atoms with Crippen molar-refractivity contribution in [3.05, 3.63) is 29.2 Å². The Morgan fingerprint density at radius 1 is 1.17 bits per heavy atom. The second kappa shape index (κ2) is 8.68. The quantitative estimate of drug-likeness (QED) is 0.629. The number of hydrogen-bond acceptors (Lipinski definition) is 3. The van der Waals surface area contributed by atoms with Crippen LogP contribution in [0.5, 0.6) is 0 Å². The van der Waals surface area contributed by atoms with Crippen LogP contribution in [0.1, 0.15) is 113 Å². The summed E-state index contributed by atoms with van der Waals surface area (Å²) in [6.07, 6.45) is 12.1. The molecule has 2 fully saturated rings. The van der Waals surface area contributed by atoms with Gasteiger partial charge >= 0.3 is 0 Å². The van der Waals surface area contributed by atoms with E-state index in [9.17, 15) is 4.79 Å². The van der Waals surface area contributed by atoms with Gasteiger partial charge in [0.25, 0.3) is 5.91 Å². The molecule has 0 radical (unpaired) electrons. The number of aromatic nitrogens is 3. The summed E-state index contributed by atoms with van der Waals surface area (Å²) >= 11 is 0. The highest BCUT2D eigenvalue weighted by atomic mass is 16.2. The van der Waals surface area contributed by atoms with Crippen LogP contribution in [0.3, 0.4) is 0 Å². The fraction of sp³-hybridized carbons (Fsp3) is 0.720. The van der Waals surface area contributed by atoms with E-state index in [2.05, 4.69) is 33.8 Å². The Morgan fingerprint density at radius 2 is 1.93 bits per heavy atom. The lowest BCUT2D eigenvalue weighted by Gasteiger charge is -2.42. The molecular weight excluding hydrogens is 372 g/mol. The number of piperidine rings is 1. The van der Waals surface area contributed by atoms with Crippen LogP contribution in [0.2, 0.25) is 0 Å². The average molecular weight is 411 g/mol. The average Bonchev–Trinajstić information content (AvgIpc) is 3.16. The van der Waals surface area contributed by atoms with Gasteiger partial charge < -0.3 is 4.90 Å². The zero-order valence-corrected chi connectivity index (χ0v) is 19.3. The summed E-state index contributed by atoms with van der Waals surface area (Å²) in [6.45, 7) is 9.62. The third kappa shape index (κ3) is 4.26. The fourth-order valence-electron chi connectivity index (χ4n) is 5.29. The van der Waals surface area contributed by atoms with Crippen LogP contribution >= 0.6 is 0 Å². The standard InChI is InChI=1S/C25H38N4O/c1-5-18(2)22-16-20(15-19-11-7-6-8-12-19)26-23-17-21(27-29(22)23)24(30)28-14-10-9-13-25(28,3)4/h16-19H,5-15H2,1-4H3. The Bertz CT molecular complexity index is 894. The van der Waals surface area contributed by atoms with Crippen LogP contribution in [0.25, 0.3) is 5.65 Å². The van der Waals surface area contributed by atoms with E-state index in [1.807, 2.05) is 15.5 Å². The maximum atomic E-state index is 13.4.